The van der Waals surface area contributed by atoms with Crippen LogP contribution in [0.4, 0.5) is 0 Å². The number of nitrogens with zero attached hydrogens (tertiary/aromatic N) is 1. The number of ether oxygens (including phenoxy) is 5. The Kier molecular flexibility index (Phi) is 5.43. The summed E-state index contributed by atoms with van der Waals surface area (Å²) in [6, 6.07) is 10.9. The fourth-order valence-corrected chi connectivity index (χ4v) is 4.11. The van der Waals surface area contributed by atoms with Gasteiger partial charge in [-0.3, -0.25) is 9.69 Å². The van der Waals surface area contributed by atoms with E-state index in [-0.39, 0.29) is 11.5 Å². The van der Waals surface area contributed by atoms with Crippen LogP contribution in [-0.4, -0.2) is 38.7 Å². The van der Waals surface area contributed by atoms with Crippen molar-refractivity contribution in [3.63, 3.8) is 0 Å². The van der Waals surface area contributed by atoms with Gasteiger partial charge in [-0.25, -0.2) is 0 Å². The minimum Gasteiger partial charge on any atom is -0.493 e. The number of hydrogen-bond donors (Lipinski definition) is 0. The van der Waals surface area contributed by atoms with Gasteiger partial charge in [0, 0.05) is 12.1 Å². The molecule has 0 bridgehead atoms. The minimum absolute atomic E-state index is 0.201. The molecule has 0 radical (unpaired) electrons. The molecule has 3 heterocycles. The SMILES string of the molecule is COc1ccc(/C=C2\Oc3c(ccc4c3CN(Cc3ccco3)CO4)C2=O)c(OC)c1OC. The Morgan fingerprint density at radius 1 is 1.03 bits per heavy atom. The predicted octanol–water partition coefficient (Wildman–Crippen LogP) is 4.27. The number of rotatable bonds is 6. The van der Waals surface area contributed by atoms with Gasteiger partial charge in [-0.15, -0.1) is 0 Å². The van der Waals surface area contributed by atoms with Gasteiger partial charge in [0.25, 0.3) is 0 Å². The number of fused-ring (bicyclic) bond motifs is 3. The molecule has 33 heavy (non-hydrogen) atoms. The molecule has 170 valence electrons. The number of Topliss-reactive ketones (excluding diaryl/α,β-unsaturated/α-hetero) is 1. The Balaban J connectivity index is 1.47. The Hall–Kier alpha value is -3.91. The molecule has 0 aliphatic carbocycles. The normalized spacial score (nSPS) is 16.1. The van der Waals surface area contributed by atoms with Crippen molar-refractivity contribution in [3.05, 3.63) is 70.9 Å². The molecule has 1 aromatic heterocycles. The molecule has 8 nitrogen and oxygen atoms in total. The van der Waals surface area contributed by atoms with Crippen molar-refractivity contribution < 1.29 is 32.9 Å². The van der Waals surface area contributed by atoms with Crippen molar-refractivity contribution in [1.82, 2.24) is 4.90 Å². The first-order chi connectivity index (χ1) is 16.1. The third-order valence-corrected chi connectivity index (χ3v) is 5.66. The number of hydrogen-bond acceptors (Lipinski definition) is 8. The molecule has 0 unspecified atom stereocenters. The molecule has 0 atom stereocenters. The number of furan rings is 1. The maximum atomic E-state index is 13.1. The second-order valence-electron chi connectivity index (χ2n) is 7.62. The molecule has 5 rings (SSSR count). The van der Waals surface area contributed by atoms with Crippen LogP contribution in [0.3, 0.4) is 0 Å². The van der Waals surface area contributed by atoms with Crippen LogP contribution in [0.25, 0.3) is 6.08 Å². The smallest absolute Gasteiger partial charge is 0.231 e. The van der Waals surface area contributed by atoms with Crippen molar-refractivity contribution in [2.45, 2.75) is 13.1 Å². The third kappa shape index (κ3) is 3.68. The van der Waals surface area contributed by atoms with Crippen LogP contribution in [0.5, 0.6) is 28.7 Å². The summed E-state index contributed by atoms with van der Waals surface area (Å²) in [5.74, 6) is 3.49. The average molecular weight is 449 g/mol. The first kappa shape index (κ1) is 21.0. The maximum Gasteiger partial charge on any atom is 0.231 e. The first-order valence-corrected chi connectivity index (χ1v) is 10.4. The fourth-order valence-electron chi connectivity index (χ4n) is 4.11. The van der Waals surface area contributed by atoms with E-state index in [1.807, 2.05) is 18.2 Å². The zero-order valence-electron chi connectivity index (χ0n) is 18.5. The number of methoxy groups -OCH3 is 3. The minimum atomic E-state index is -0.201. The molecular weight excluding hydrogens is 426 g/mol. The van der Waals surface area contributed by atoms with E-state index in [9.17, 15) is 4.79 Å². The second kappa shape index (κ2) is 8.55. The lowest BCUT2D eigenvalue weighted by Crippen LogP contribution is -2.31. The van der Waals surface area contributed by atoms with Gasteiger partial charge in [0.15, 0.2) is 17.3 Å². The van der Waals surface area contributed by atoms with Crippen LogP contribution in [-0.2, 0) is 13.1 Å². The van der Waals surface area contributed by atoms with Crippen molar-refractivity contribution >= 4 is 11.9 Å². The van der Waals surface area contributed by atoms with Gasteiger partial charge < -0.3 is 28.1 Å². The van der Waals surface area contributed by atoms with Gasteiger partial charge in [0.1, 0.15) is 24.0 Å². The summed E-state index contributed by atoms with van der Waals surface area (Å²) in [5, 5.41) is 0. The van der Waals surface area contributed by atoms with Gasteiger partial charge in [0.05, 0.1) is 45.3 Å². The number of ketones is 1. The topological polar surface area (TPSA) is 79.6 Å². The van der Waals surface area contributed by atoms with E-state index in [2.05, 4.69) is 4.90 Å². The van der Waals surface area contributed by atoms with Crippen molar-refractivity contribution in [3.8, 4) is 28.7 Å². The van der Waals surface area contributed by atoms with Gasteiger partial charge in [0.2, 0.25) is 11.5 Å². The molecule has 0 fully saturated rings. The van der Waals surface area contributed by atoms with Crippen molar-refractivity contribution in [1.29, 1.82) is 0 Å². The number of carbonyl (C=O) groups is 1. The highest BCUT2D eigenvalue weighted by Crippen LogP contribution is 2.44. The maximum absolute atomic E-state index is 13.1. The summed E-state index contributed by atoms with van der Waals surface area (Å²) in [5.41, 5.74) is 1.97. The molecule has 0 saturated carbocycles. The van der Waals surface area contributed by atoms with Crippen LogP contribution in [0, 0.1) is 0 Å². The van der Waals surface area contributed by atoms with Gasteiger partial charge in [-0.2, -0.15) is 0 Å². The quantitative estimate of drug-likeness (QED) is 0.516. The van der Waals surface area contributed by atoms with Crippen LogP contribution in [0.1, 0.15) is 27.2 Å². The molecular formula is C25H23NO7. The van der Waals surface area contributed by atoms with Crippen molar-refractivity contribution in [2.75, 3.05) is 28.1 Å². The molecule has 8 heteroatoms. The first-order valence-electron chi connectivity index (χ1n) is 10.4. The zero-order valence-corrected chi connectivity index (χ0v) is 18.5. The van der Waals surface area contributed by atoms with E-state index in [0.29, 0.717) is 59.7 Å². The van der Waals surface area contributed by atoms with Crippen LogP contribution in [0.2, 0.25) is 0 Å². The average Bonchev–Trinajstić information content (AvgIpc) is 3.46. The number of allylic oxidation sites excluding steroid dienone is 1. The Morgan fingerprint density at radius 3 is 2.61 bits per heavy atom. The molecule has 2 aliphatic rings. The highest BCUT2D eigenvalue weighted by molar-refractivity contribution is 6.15. The lowest BCUT2D eigenvalue weighted by atomic mass is 10.0. The highest BCUT2D eigenvalue weighted by Gasteiger charge is 2.34. The van der Waals surface area contributed by atoms with E-state index in [4.69, 9.17) is 28.1 Å². The molecule has 2 aromatic carbocycles. The molecule has 0 N–H and O–H groups in total. The molecule has 0 amide bonds. The van der Waals surface area contributed by atoms with Crippen LogP contribution >= 0.6 is 0 Å². The third-order valence-electron chi connectivity index (χ3n) is 5.66. The van der Waals surface area contributed by atoms with Gasteiger partial charge in [-0.05, 0) is 42.5 Å². The van der Waals surface area contributed by atoms with Gasteiger partial charge in [-0.1, -0.05) is 0 Å². The zero-order chi connectivity index (χ0) is 22.9. The Bertz CT molecular complexity index is 1230. The van der Waals surface area contributed by atoms with E-state index < -0.39 is 0 Å². The van der Waals surface area contributed by atoms with E-state index in [0.717, 1.165) is 11.3 Å². The predicted molar refractivity (Wildman–Crippen MR) is 119 cm³/mol. The molecule has 0 spiro atoms. The van der Waals surface area contributed by atoms with Crippen LogP contribution < -0.4 is 23.7 Å². The standard InChI is InChI=1S/C25H23NO7/c1-28-20-8-6-15(23(29-2)25(20)30-3)11-21-22(27)17-7-9-19-18(24(17)33-21)13-26(14-32-19)12-16-5-4-10-31-16/h4-11H,12-14H2,1-3H3/b21-11-. The summed E-state index contributed by atoms with van der Waals surface area (Å²) in [6.45, 7) is 1.58. The highest BCUT2D eigenvalue weighted by atomic mass is 16.5. The summed E-state index contributed by atoms with van der Waals surface area (Å²) in [7, 11) is 4.62. The van der Waals surface area contributed by atoms with Crippen LogP contribution in [0.15, 0.2) is 52.8 Å². The lowest BCUT2D eigenvalue weighted by molar-refractivity contribution is 0.0810. The van der Waals surface area contributed by atoms with E-state index >= 15 is 0 Å². The van der Waals surface area contributed by atoms with E-state index in [1.165, 1.54) is 14.2 Å². The van der Waals surface area contributed by atoms with Crippen molar-refractivity contribution in [2.24, 2.45) is 0 Å². The monoisotopic (exact) mass is 449 g/mol. The van der Waals surface area contributed by atoms with Gasteiger partial charge >= 0.3 is 0 Å². The second-order valence-corrected chi connectivity index (χ2v) is 7.62. The largest absolute Gasteiger partial charge is 0.493 e. The summed E-state index contributed by atoms with van der Waals surface area (Å²) < 4.78 is 33.8. The Morgan fingerprint density at radius 2 is 1.88 bits per heavy atom. The summed E-state index contributed by atoms with van der Waals surface area (Å²) in [4.78, 5) is 15.2. The van der Waals surface area contributed by atoms with E-state index in [1.54, 1.807) is 37.6 Å². The summed E-state index contributed by atoms with van der Waals surface area (Å²) >= 11 is 0. The Labute approximate surface area is 190 Å². The number of benzene rings is 2. The molecule has 2 aliphatic heterocycles. The molecule has 0 saturated heterocycles. The number of carbonyl (C=O) groups excluding carboxylic acids is 1. The molecule has 3 aromatic rings. The fraction of sp³-hybridized carbons (Fsp3) is 0.240. The summed E-state index contributed by atoms with van der Waals surface area (Å²) in [6.07, 6.45) is 3.30. The lowest BCUT2D eigenvalue weighted by Gasteiger charge is -2.29.